The molecule has 0 heterocycles. The number of hydroxylamine groups is 1. The lowest BCUT2D eigenvalue weighted by atomic mass is 10.2. The maximum atomic E-state index is 8.56. The predicted molar refractivity (Wildman–Crippen MR) is 66.6 cm³/mol. The van der Waals surface area contributed by atoms with E-state index in [-0.39, 0.29) is 0 Å². The summed E-state index contributed by atoms with van der Waals surface area (Å²) in [5.74, 6) is 1.48. The molecule has 0 aromatic heterocycles. The summed E-state index contributed by atoms with van der Waals surface area (Å²) in [5.41, 5.74) is 3.09. The lowest BCUT2D eigenvalue weighted by molar-refractivity contribution is 0.161. The highest BCUT2D eigenvalue weighted by molar-refractivity contribution is 6.30. The van der Waals surface area contributed by atoms with Crippen molar-refractivity contribution < 1.29 is 9.94 Å². The van der Waals surface area contributed by atoms with Crippen LogP contribution in [0.3, 0.4) is 0 Å². The Morgan fingerprint density at radius 3 is 2.00 bits per heavy atom. The summed E-state index contributed by atoms with van der Waals surface area (Å²) in [6, 6.07) is 14.6. The van der Waals surface area contributed by atoms with Gasteiger partial charge in [0.1, 0.15) is 11.5 Å². The first-order valence-corrected chi connectivity index (χ1v) is 5.55. The molecule has 0 atom stereocenters. The first-order valence-electron chi connectivity index (χ1n) is 5.17. The second-order valence-corrected chi connectivity index (χ2v) is 3.97. The molecule has 2 aromatic rings. The molecule has 0 bridgehead atoms. The fourth-order valence-corrected chi connectivity index (χ4v) is 1.53. The normalized spacial score (nSPS) is 10.2. The molecule has 17 heavy (non-hydrogen) atoms. The maximum Gasteiger partial charge on any atom is 0.127 e. The summed E-state index contributed by atoms with van der Waals surface area (Å²) in [5, 5.41) is 9.24. The first kappa shape index (κ1) is 11.9. The third-order valence-corrected chi connectivity index (χ3v) is 2.51. The van der Waals surface area contributed by atoms with Crippen LogP contribution in [-0.4, -0.2) is 5.21 Å². The Kier molecular flexibility index (Phi) is 3.98. The Bertz CT molecular complexity index is 468. The topological polar surface area (TPSA) is 41.5 Å². The molecular weight excluding hydrogens is 238 g/mol. The number of rotatable bonds is 4. The largest absolute Gasteiger partial charge is 0.457 e. The Morgan fingerprint density at radius 2 is 1.47 bits per heavy atom. The molecule has 0 amide bonds. The zero-order valence-corrected chi connectivity index (χ0v) is 9.82. The minimum atomic E-state index is 0.418. The summed E-state index contributed by atoms with van der Waals surface area (Å²) in [6.07, 6.45) is 0. The number of ether oxygens (including phenoxy) is 1. The summed E-state index contributed by atoms with van der Waals surface area (Å²) in [4.78, 5) is 0. The molecule has 2 N–H and O–H groups in total. The van der Waals surface area contributed by atoms with E-state index in [1.165, 1.54) is 0 Å². The van der Waals surface area contributed by atoms with Crippen LogP contribution in [0, 0.1) is 0 Å². The molecule has 2 aromatic carbocycles. The second kappa shape index (κ2) is 5.68. The molecule has 0 aliphatic heterocycles. The van der Waals surface area contributed by atoms with Crippen LogP contribution < -0.4 is 10.2 Å². The van der Waals surface area contributed by atoms with E-state index >= 15 is 0 Å². The minimum Gasteiger partial charge on any atom is -0.457 e. The predicted octanol–water partition coefficient (Wildman–Crippen LogP) is 3.61. The molecule has 3 nitrogen and oxygen atoms in total. The van der Waals surface area contributed by atoms with Crippen molar-refractivity contribution >= 4 is 11.6 Å². The monoisotopic (exact) mass is 249 g/mol. The van der Waals surface area contributed by atoms with Crippen LogP contribution in [0.25, 0.3) is 0 Å². The smallest absolute Gasteiger partial charge is 0.127 e. The Labute approximate surface area is 105 Å². The molecule has 2 rings (SSSR count). The molecule has 0 saturated carbocycles. The van der Waals surface area contributed by atoms with Gasteiger partial charge in [-0.25, -0.2) is 5.48 Å². The van der Waals surface area contributed by atoms with Crippen molar-refractivity contribution in [3.05, 3.63) is 59.1 Å². The van der Waals surface area contributed by atoms with Gasteiger partial charge in [-0.3, -0.25) is 0 Å². The van der Waals surface area contributed by atoms with E-state index in [2.05, 4.69) is 5.48 Å². The number of hydrogen-bond donors (Lipinski definition) is 2. The molecule has 0 aliphatic carbocycles. The van der Waals surface area contributed by atoms with Gasteiger partial charge in [0.2, 0.25) is 0 Å². The second-order valence-electron chi connectivity index (χ2n) is 3.53. The molecule has 0 unspecified atom stereocenters. The van der Waals surface area contributed by atoms with E-state index in [4.69, 9.17) is 21.5 Å². The van der Waals surface area contributed by atoms with Gasteiger partial charge in [0.25, 0.3) is 0 Å². The Morgan fingerprint density at radius 1 is 0.941 bits per heavy atom. The van der Waals surface area contributed by atoms with Gasteiger partial charge in [-0.1, -0.05) is 23.7 Å². The molecule has 0 fully saturated rings. The molecule has 0 aliphatic rings. The van der Waals surface area contributed by atoms with E-state index in [0.29, 0.717) is 11.6 Å². The highest BCUT2D eigenvalue weighted by Crippen LogP contribution is 2.23. The van der Waals surface area contributed by atoms with Gasteiger partial charge in [-0.05, 0) is 42.0 Å². The van der Waals surface area contributed by atoms with Gasteiger partial charge in [-0.2, -0.15) is 0 Å². The average molecular weight is 250 g/mol. The van der Waals surface area contributed by atoms with E-state index in [1.54, 1.807) is 12.1 Å². The molecule has 4 heteroatoms. The Hall–Kier alpha value is -1.55. The summed E-state index contributed by atoms with van der Waals surface area (Å²) in [6.45, 7) is 0.418. The van der Waals surface area contributed by atoms with Crippen LogP contribution in [-0.2, 0) is 6.54 Å². The van der Waals surface area contributed by atoms with Crippen molar-refractivity contribution in [2.45, 2.75) is 6.54 Å². The number of halogens is 1. The molecule has 0 radical (unpaired) electrons. The zero-order chi connectivity index (χ0) is 12.1. The van der Waals surface area contributed by atoms with E-state index in [9.17, 15) is 0 Å². The van der Waals surface area contributed by atoms with E-state index < -0.39 is 0 Å². The van der Waals surface area contributed by atoms with Crippen LogP contribution in [0.15, 0.2) is 48.5 Å². The van der Waals surface area contributed by atoms with Gasteiger partial charge < -0.3 is 9.94 Å². The van der Waals surface area contributed by atoms with Gasteiger partial charge in [0.15, 0.2) is 0 Å². The average Bonchev–Trinajstić information content (AvgIpc) is 2.35. The third kappa shape index (κ3) is 3.46. The SMILES string of the molecule is ONCc1ccc(Oc2ccc(Cl)cc2)cc1. The van der Waals surface area contributed by atoms with Crippen molar-refractivity contribution in [3.8, 4) is 11.5 Å². The van der Waals surface area contributed by atoms with Crippen molar-refractivity contribution in [3.63, 3.8) is 0 Å². The fraction of sp³-hybridized carbons (Fsp3) is 0.0769. The lowest BCUT2D eigenvalue weighted by Gasteiger charge is -2.06. The molecule has 88 valence electrons. The quantitative estimate of drug-likeness (QED) is 0.814. The summed E-state index contributed by atoms with van der Waals surface area (Å²) < 4.78 is 5.62. The maximum absolute atomic E-state index is 8.56. The molecular formula is C13H12ClNO2. The zero-order valence-electron chi connectivity index (χ0n) is 9.06. The van der Waals surface area contributed by atoms with Gasteiger partial charge in [-0.15, -0.1) is 0 Å². The van der Waals surface area contributed by atoms with Crippen LogP contribution in [0.5, 0.6) is 11.5 Å². The van der Waals surface area contributed by atoms with Gasteiger partial charge in [0.05, 0.1) is 0 Å². The van der Waals surface area contributed by atoms with Crippen LogP contribution in [0.1, 0.15) is 5.56 Å². The van der Waals surface area contributed by atoms with Gasteiger partial charge in [0, 0.05) is 11.6 Å². The van der Waals surface area contributed by atoms with Crippen LogP contribution in [0.2, 0.25) is 5.02 Å². The Balaban J connectivity index is 2.05. The van der Waals surface area contributed by atoms with Crippen molar-refractivity contribution in [1.29, 1.82) is 0 Å². The summed E-state index contributed by atoms with van der Waals surface area (Å²) >= 11 is 5.78. The minimum absolute atomic E-state index is 0.418. The third-order valence-electron chi connectivity index (χ3n) is 2.26. The molecule has 0 spiro atoms. The van der Waals surface area contributed by atoms with Gasteiger partial charge >= 0.3 is 0 Å². The standard InChI is InChI=1S/C13H12ClNO2/c14-11-3-7-13(8-4-11)17-12-5-1-10(2-6-12)9-15-16/h1-8,15-16H,9H2. The number of nitrogens with one attached hydrogen (secondary N) is 1. The highest BCUT2D eigenvalue weighted by atomic mass is 35.5. The van der Waals surface area contributed by atoms with Crippen molar-refractivity contribution in [2.24, 2.45) is 0 Å². The van der Waals surface area contributed by atoms with E-state index in [0.717, 1.165) is 17.1 Å². The number of benzene rings is 2. The van der Waals surface area contributed by atoms with Crippen molar-refractivity contribution in [1.82, 2.24) is 5.48 Å². The van der Waals surface area contributed by atoms with E-state index in [1.807, 2.05) is 36.4 Å². The molecule has 0 saturated heterocycles. The highest BCUT2D eigenvalue weighted by Gasteiger charge is 1.98. The van der Waals surface area contributed by atoms with Crippen LogP contribution in [0.4, 0.5) is 0 Å². The first-order chi connectivity index (χ1) is 8.28. The fourth-order valence-electron chi connectivity index (χ4n) is 1.41. The van der Waals surface area contributed by atoms with Crippen molar-refractivity contribution in [2.75, 3.05) is 0 Å². The summed E-state index contributed by atoms with van der Waals surface area (Å²) in [7, 11) is 0. The lowest BCUT2D eigenvalue weighted by Crippen LogP contribution is -2.05. The number of hydrogen-bond acceptors (Lipinski definition) is 3. The van der Waals surface area contributed by atoms with Crippen LogP contribution >= 0.6 is 11.6 Å².